The van der Waals surface area contributed by atoms with E-state index < -0.39 is 5.83 Å². The maximum atomic E-state index is 11.9. The molecule has 0 saturated heterocycles. The average molecular weight is 128 g/mol. The topological polar surface area (TPSA) is 9.23 Å². The van der Waals surface area contributed by atoms with E-state index in [-0.39, 0.29) is 0 Å². The van der Waals surface area contributed by atoms with Crippen molar-refractivity contribution < 1.29 is 9.13 Å². The summed E-state index contributed by atoms with van der Waals surface area (Å²) < 4.78 is 16.6. The van der Waals surface area contributed by atoms with Crippen molar-refractivity contribution in [2.45, 2.75) is 0 Å². The second-order valence-electron chi connectivity index (χ2n) is 1.40. The van der Waals surface area contributed by atoms with E-state index in [1.54, 1.807) is 0 Å². The highest BCUT2D eigenvalue weighted by molar-refractivity contribution is 5.18. The standard InChI is InChI=1S/C7H9FO/c1-4-7(9-3)5-6(2)8/h4-5H,1-2H2,3H3. The zero-order valence-electron chi connectivity index (χ0n) is 5.36. The van der Waals surface area contributed by atoms with Crippen molar-refractivity contribution in [3.8, 4) is 0 Å². The lowest BCUT2D eigenvalue weighted by atomic mass is 10.4. The van der Waals surface area contributed by atoms with Crippen LogP contribution in [0.3, 0.4) is 0 Å². The monoisotopic (exact) mass is 128 g/mol. The van der Waals surface area contributed by atoms with Gasteiger partial charge in [-0.15, -0.1) is 0 Å². The van der Waals surface area contributed by atoms with Crippen molar-refractivity contribution in [3.05, 3.63) is 36.9 Å². The molecule has 0 aromatic carbocycles. The molecule has 0 amide bonds. The number of ether oxygens (including phenoxy) is 1. The van der Waals surface area contributed by atoms with E-state index in [9.17, 15) is 4.39 Å². The summed E-state index contributed by atoms with van der Waals surface area (Å²) in [5.41, 5.74) is 0. The molecule has 0 N–H and O–H groups in total. The summed E-state index contributed by atoms with van der Waals surface area (Å²) in [5.74, 6) is -0.158. The summed E-state index contributed by atoms with van der Waals surface area (Å²) in [4.78, 5) is 0. The van der Waals surface area contributed by atoms with E-state index in [0.29, 0.717) is 5.76 Å². The molecule has 1 nitrogen and oxygen atoms in total. The molecule has 0 aromatic rings. The van der Waals surface area contributed by atoms with Crippen LogP contribution in [0.4, 0.5) is 4.39 Å². The van der Waals surface area contributed by atoms with Gasteiger partial charge >= 0.3 is 0 Å². The van der Waals surface area contributed by atoms with Crippen LogP contribution in [0.2, 0.25) is 0 Å². The molecule has 2 heteroatoms. The van der Waals surface area contributed by atoms with Crippen LogP contribution >= 0.6 is 0 Å². The van der Waals surface area contributed by atoms with Crippen LogP contribution in [0.1, 0.15) is 0 Å². The first-order valence-corrected chi connectivity index (χ1v) is 2.43. The van der Waals surface area contributed by atoms with Crippen LogP contribution in [0.15, 0.2) is 36.9 Å². The molecule has 0 aliphatic carbocycles. The van der Waals surface area contributed by atoms with Crippen LogP contribution < -0.4 is 0 Å². The minimum atomic E-state index is -0.535. The maximum absolute atomic E-state index is 11.9. The van der Waals surface area contributed by atoms with E-state index in [0.717, 1.165) is 6.08 Å². The third kappa shape index (κ3) is 3.53. The van der Waals surface area contributed by atoms with Gasteiger partial charge < -0.3 is 4.74 Å². The summed E-state index contributed by atoms with van der Waals surface area (Å²) in [6.07, 6.45) is 2.57. The summed E-state index contributed by atoms with van der Waals surface area (Å²) >= 11 is 0. The minimum absolute atomic E-state index is 0.377. The van der Waals surface area contributed by atoms with Crippen molar-refractivity contribution in [1.29, 1.82) is 0 Å². The number of halogens is 1. The van der Waals surface area contributed by atoms with E-state index in [1.165, 1.54) is 13.2 Å². The van der Waals surface area contributed by atoms with Gasteiger partial charge in [-0.2, -0.15) is 0 Å². The van der Waals surface area contributed by atoms with Crippen molar-refractivity contribution in [2.24, 2.45) is 0 Å². The Morgan fingerprint density at radius 1 is 1.67 bits per heavy atom. The Morgan fingerprint density at radius 3 is 2.33 bits per heavy atom. The zero-order valence-corrected chi connectivity index (χ0v) is 5.36. The Labute approximate surface area is 54.1 Å². The largest absolute Gasteiger partial charge is 0.497 e. The van der Waals surface area contributed by atoms with Crippen LogP contribution in [0, 0.1) is 0 Å². The third-order valence-electron chi connectivity index (χ3n) is 0.736. The summed E-state index contributed by atoms with van der Waals surface area (Å²) in [7, 11) is 1.44. The first kappa shape index (κ1) is 7.95. The lowest BCUT2D eigenvalue weighted by Gasteiger charge is -1.95. The van der Waals surface area contributed by atoms with E-state index in [1.807, 2.05) is 0 Å². The fourth-order valence-electron chi connectivity index (χ4n) is 0.356. The molecule has 9 heavy (non-hydrogen) atoms. The maximum Gasteiger partial charge on any atom is 0.121 e. The summed E-state index contributed by atoms with van der Waals surface area (Å²) in [5, 5.41) is 0. The van der Waals surface area contributed by atoms with E-state index in [4.69, 9.17) is 0 Å². The van der Waals surface area contributed by atoms with Gasteiger partial charge in [0.25, 0.3) is 0 Å². The lowest BCUT2D eigenvalue weighted by Crippen LogP contribution is -1.79. The molecule has 0 aliphatic rings. The molecular weight excluding hydrogens is 119 g/mol. The molecule has 0 aliphatic heterocycles. The molecule has 0 aromatic heterocycles. The predicted octanol–water partition coefficient (Wildman–Crippen LogP) is 2.19. The summed E-state index contributed by atoms with van der Waals surface area (Å²) in [6, 6.07) is 0. The predicted molar refractivity (Wildman–Crippen MR) is 35.5 cm³/mol. The summed E-state index contributed by atoms with van der Waals surface area (Å²) in [6.45, 7) is 6.40. The molecule has 0 heterocycles. The first-order chi connectivity index (χ1) is 4.20. The van der Waals surface area contributed by atoms with Gasteiger partial charge in [-0.3, -0.25) is 0 Å². The fraction of sp³-hybridized carbons (Fsp3) is 0.143. The van der Waals surface area contributed by atoms with Gasteiger partial charge in [0, 0.05) is 6.08 Å². The van der Waals surface area contributed by atoms with Crippen LogP contribution in [-0.4, -0.2) is 7.11 Å². The molecule has 0 unspecified atom stereocenters. The number of allylic oxidation sites excluding steroid dienone is 3. The molecule has 0 saturated carbocycles. The highest BCUT2D eigenvalue weighted by Gasteiger charge is 1.87. The Balaban J connectivity index is 4.07. The van der Waals surface area contributed by atoms with Gasteiger partial charge in [0.15, 0.2) is 0 Å². The highest BCUT2D eigenvalue weighted by Crippen LogP contribution is 2.02. The van der Waals surface area contributed by atoms with E-state index in [2.05, 4.69) is 17.9 Å². The highest BCUT2D eigenvalue weighted by atomic mass is 19.1. The number of rotatable bonds is 3. The van der Waals surface area contributed by atoms with E-state index >= 15 is 0 Å². The molecule has 0 rings (SSSR count). The van der Waals surface area contributed by atoms with Gasteiger partial charge in [-0.25, -0.2) is 4.39 Å². The molecule has 0 radical (unpaired) electrons. The first-order valence-electron chi connectivity index (χ1n) is 2.43. The quantitative estimate of drug-likeness (QED) is 0.418. The fourth-order valence-corrected chi connectivity index (χ4v) is 0.356. The molecule has 0 atom stereocenters. The molecule has 50 valence electrons. The zero-order chi connectivity index (χ0) is 7.28. The number of hydrogen-bond acceptors (Lipinski definition) is 1. The lowest BCUT2D eigenvalue weighted by molar-refractivity contribution is 0.305. The molecule has 0 spiro atoms. The van der Waals surface area contributed by atoms with Gasteiger partial charge in [0.05, 0.1) is 7.11 Å². The number of hydrogen-bond donors (Lipinski definition) is 0. The second-order valence-corrected chi connectivity index (χ2v) is 1.40. The van der Waals surface area contributed by atoms with Gasteiger partial charge in [-0.1, -0.05) is 13.2 Å². The Hall–Kier alpha value is -1.05. The molecule has 0 bridgehead atoms. The van der Waals surface area contributed by atoms with Gasteiger partial charge in [-0.05, 0) is 6.08 Å². The molecule has 0 fully saturated rings. The average Bonchev–Trinajstić information content (AvgIpc) is 1.82. The minimum Gasteiger partial charge on any atom is -0.497 e. The smallest absolute Gasteiger partial charge is 0.121 e. The normalized spacial score (nSPS) is 10.7. The van der Waals surface area contributed by atoms with Crippen molar-refractivity contribution in [1.82, 2.24) is 0 Å². The second kappa shape index (κ2) is 3.89. The van der Waals surface area contributed by atoms with Crippen molar-refractivity contribution in [3.63, 3.8) is 0 Å². The molecular formula is C7H9FO. The number of methoxy groups -OCH3 is 1. The van der Waals surface area contributed by atoms with Gasteiger partial charge in [0.2, 0.25) is 0 Å². The van der Waals surface area contributed by atoms with Crippen molar-refractivity contribution in [2.75, 3.05) is 7.11 Å². The van der Waals surface area contributed by atoms with Gasteiger partial charge in [0.1, 0.15) is 11.6 Å². The van der Waals surface area contributed by atoms with Crippen LogP contribution in [-0.2, 0) is 4.74 Å². The SMILES string of the molecule is C=CC(=CC(=C)F)OC. The Morgan fingerprint density at radius 2 is 2.22 bits per heavy atom. The van der Waals surface area contributed by atoms with Crippen LogP contribution in [0.25, 0.3) is 0 Å². The van der Waals surface area contributed by atoms with Crippen molar-refractivity contribution >= 4 is 0 Å². The van der Waals surface area contributed by atoms with Crippen LogP contribution in [0.5, 0.6) is 0 Å². The third-order valence-corrected chi connectivity index (χ3v) is 0.736. The Bertz CT molecular complexity index is 147. The Kier molecular flexibility index (Phi) is 3.44.